The highest BCUT2D eigenvalue weighted by molar-refractivity contribution is 7.91. The molecular weight excluding hydrogens is 1170 g/mol. The van der Waals surface area contributed by atoms with Crippen molar-refractivity contribution in [3.8, 4) is 0 Å². The molecule has 0 fully saturated rings. The van der Waals surface area contributed by atoms with E-state index < -0.39 is 256 Å². The smallest absolute Gasteiger partial charge is 0.207 e. The number of hydrogen-bond donors (Lipinski definition) is 0. The van der Waals surface area contributed by atoms with E-state index in [4.69, 9.17) is 0 Å². The summed E-state index contributed by atoms with van der Waals surface area (Å²) in [6.45, 7) is 0. The van der Waals surface area contributed by atoms with Crippen molar-refractivity contribution in [3.05, 3.63) is 204 Å². The van der Waals surface area contributed by atoms with Crippen LogP contribution in [0.3, 0.4) is 0 Å². The number of halogens is 33. The molecule has 0 radical (unpaired) electrons. The van der Waals surface area contributed by atoms with Gasteiger partial charge in [0.15, 0.2) is 105 Å². The van der Waals surface area contributed by atoms with E-state index in [9.17, 15) is 105 Å². The van der Waals surface area contributed by atoms with Crippen LogP contribution in [-0.4, -0.2) is 6.15 Å². The van der Waals surface area contributed by atoms with E-state index in [-0.39, 0.29) is 0 Å². The van der Waals surface area contributed by atoms with Gasteiger partial charge in [-0.2, -0.15) is 26.3 Å². The van der Waals surface area contributed by atoms with E-state index in [0.717, 1.165) is 0 Å². The highest BCUT2D eigenvalue weighted by Crippen LogP contribution is 2.61. The molecule has 7 rings (SSSR count). The van der Waals surface area contributed by atoms with Crippen LogP contribution in [0.2, 0.25) is 0 Å². The fourth-order valence-corrected chi connectivity index (χ4v) is 10.6. The molecule has 0 amide bonds. The monoisotopic (exact) mass is 1180 g/mol. The van der Waals surface area contributed by atoms with Gasteiger partial charge in [-0.1, -0.05) is 0 Å². The second-order valence-corrected chi connectivity index (χ2v) is 17.4. The first-order chi connectivity index (χ1) is 35.4. The Hall–Kier alpha value is -7.28. The lowest BCUT2D eigenvalue weighted by molar-refractivity contribution is 0.378. The lowest BCUT2D eigenvalue weighted by Gasteiger charge is -2.44. The van der Waals surface area contributed by atoms with E-state index in [2.05, 4.69) is 0 Å². The van der Waals surface area contributed by atoms with Crippen molar-refractivity contribution in [1.29, 1.82) is 0 Å². The first-order valence-electron chi connectivity index (χ1n) is 18.8. The molecule has 0 aliphatic carbocycles. The topological polar surface area (TPSA) is 0 Å². The van der Waals surface area contributed by atoms with Crippen molar-refractivity contribution in [1.82, 2.24) is 0 Å². The molecule has 0 heterocycles. The van der Waals surface area contributed by atoms with Gasteiger partial charge in [0.25, 0.3) is 0 Å². The minimum absolute atomic E-state index is 0.545. The zero-order valence-electron chi connectivity index (χ0n) is 34.7. The third-order valence-electron chi connectivity index (χ3n) is 10.9. The van der Waals surface area contributed by atoms with Crippen LogP contribution in [0.15, 0.2) is 18.2 Å². The molecule has 7 aromatic rings. The quantitative estimate of drug-likeness (QED) is 0.0491. The third-order valence-corrected chi connectivity index (χ3v) is 13.9. The second kappa shape index (κ2) is 20.3. The number of rotatable bonds is 7. The summed E-state index contributed by atoms with van der Waals surface area (Å²) in [4.78, 5) is 0. The highest BCUT2D eigenvalue weighted by Gasteiger charge is 2.63. The van der Waals surface area contributed by atoms with Crippen LogP contribution in [0.25, 0.3) is 0 Å². The number of hydrogen-bond acceptors (Lipinski definition) is 0. The molecule has 77 heavy (non-hydrogen) atoms. The van der Waals surface area contributed by atoms with Gasteiger partial charge in [-0.15, -0.1) is 21.9 Å². The minimum Gasteiger partial charge on any atom is -0.207 e. The molecule has 0 aliphatic heterocycles. The van der Waals surface area contributed by atoms with Gasteiger partial charge >= 0.3 is 7.57 Å². The summed E-state index contributed by atoms with van der Waals surface area (Å²) in [6.07, 6.45) is -7.22. The maximum absolute atomic E-state index is 16.3. The molecule has 0 saturated heterocycles. The summed E-state index contributed by atoms with van der Waals surface area (Å²) in [7, 11) is -7.10. The Labute approximate surface area is 400 Å². The maximum Gasteiger partial charge on any atom is 0.317 e. The van der Waals surface area contributed by atoms with Gasteiger partial charge in [-0.3, -0.25) is 0 Å². The van der Waals surface area contributed by atoms with E-state index in [1.54, 1.807) is 0 Å². The van der Waals surface area contributed by atoms with Crippen LogP contribution in [-0.2, 0) is 0 Å². The van der Waals surface area contributed by atoms with Gasteiger partial charge in [0.2, 0.25) is 50.8 Å². The predicted molar refractivity (Wildman–Crippen MR) is 195 cm³/mol. The van der Waals surface area contributed by atoms with E-state index in [1.165, 1.54) is 0 Å². The molecule has 0 N–H and O–H groups in total. The summed E-state index contributed by atoms with van der Waals surface area (Å²) in [5.74, 6) is -103. The lowest BCUT2D eigenvalue weighted by Crippen LogP contribution is -2.81. The van der Waals surface area contributed by atoms with Crippen LogP contribution < -0.4 is 37.8 Å². The van der Waals surface area contributed by atoms with Crippen LogP contribution in [0.5, 0.6) is 0 Å². The molecule has 7 aromatic carbocycles. The summed E-state index contributed by atoms with van der Waals surface area (Å²) in [5.41, 5.74) is -14.3. The molecule has 0 aliphatic rings. The zero-order valence-corrected chi connectivity index (χ0v) is 35.6. The summed E-state index contributed by atoms with van der Waals surface area (Å²) in [5, 5.41) is -8.33. The number of benzene rings is 7. The Balaban J connectivity index is 0.000000264. The Bertz CT molecular complexity index is 3080. The molecule has 0 unspecified atom stereocenters. The van der Waals surface area contributed by atoms with Gasteiger partial charge in [0, 0.05) is 18.2 Å². The van der Waals surface area contributed by atoms with Crippen LogP contribution >= 0.6 is 7.57 Å². The van der Waals surface area contributed by atoms with Crippen LogP contribution in [0.4, 0.5) is 145 Å². The predicted octanol–water partition coefficient (Wildman–Crippen LogP) is 11.4. The fourth-order valence-electron chi connectivity index (χ4n) is 7.70. The highest BCUT2D eigenvalue weighted by atomic mass is 31.2. The molecular formula is C42H3BF33P. The Kier molecular flexibility index (Phi) is 15.5. The van der Waals surface area contributed by atoms with Gasteiger partial charge < -0.3 is 0 Å². The van der Waals surface area contributed by atoms with Gasteiger partial charge in [0.05, 0.1) is 0 Å². The van der Waals surface area contributed by atoms with Crippen LogP contribution in [0.1, 0.15) is 0 Å². The molecule has 410 valence electrons. The third kappa shape index (κ3) is 8.41. The second-order valence-electron chi connectivity index (χ2n) is 14.8. The summed E-state index contributed by atoms with van der Waals surface area (Å²) < 4.78 is 479. The molecule has 0 nitrogen and oxygen atoms in total. The van der Waals surface area contributed by atoms with Crippen molar-refractivity contribution in [2.45, 2.75) is 0 Å². The standard InChI is InChI=1S/C24BF20.C18H3F13P/c26-5-1(6(27)14(35)21(42)13(5)34)25(2-7(28)15(36)22(43)16(37)8(2)29,3-9(30)17(38)23(44)18(39)10(3)31)4-11(32)19(40)24(45)20(41)12(4)33;19-4-1-5(20)11(26)16(10(4)25)32(31,17-12(27)6(21)2-7(22)13(17)28)18-14(29)8(23)3-9(24)15(18)30/h;1-3H/q-1;+1. The van der Waals surface area contributed by atoms with Gasteiger partial charge in [-0.25, -0.2) is 114 Å². The van der Waals surface area contributed by atoms with Gasteiger partial charge in [-0.05, 0) is 4.20 Å². The maximum atomic E-state index is 16.3. The molecule has 0 atom stereocenters. The van der Waals surface area contributed by atoms with Crippen molar-refractivity contribution in [2.24, 2.45) is 0 Å². The van der Waals surface area contributed by atoms with Gasteiger partial charge in [0.1, 0.15) is 52.7 Å². The van der Waals surface area contributed by atoms with Crippen molar-refractivity contribution in [3.63, 3.8) is 0 Å². The lowest BCUT2D eigenvalue weighted by atomic mass is 9.12. The Morgan fingerprint density at radius 2 is 0.299 bits per heavy atom. The normalized spacial score (nSPS) is 12.0. The van der Waals surface area contributed by atoms with E-state index in [1.807, 2.05) is 0 Å². The molecule has 0 aromatic heterocycles. The first kappa shape index (κ1) is 59.0. The average molecular weight is 1180 g/mol. The van der Waals surface area contributed by atoms with E-state index >= 15 is 39.3 Å². The molecule has 35 heteroatoms. The molecule has 0 spiro atoms. The van der Waals surface area contributed by atoms with E-state index in [0.29, 0.717) is 0 Å². The fraction of sp³-hybridized carbons (Fsp3) is 0. The first-order valence-corrected chi connectivity index (χ1v) is 20.5. The minimum atomic E-state index is -7.22. The average Bonchev–Trinajstić information content (AvgIpc) is 3.37. The zero-order chi connectivity index (χ0) is 58.6. The summed E-state index contributed by atoms with van der Waals surface area (Å²) in [6, 6.07) is -1.64. The summed E-state index contributed by atoms with van der Waals surface area (Å²) >= 11 is 0. The van der Waals surface area contributed by atoms with Crippen molar-refractivity contribution in [2.75, 3.05) is 0 Å². The Morgan fingerprint density at radius 1 is 0.182 bits per heavy atom. The molecule has 0 saturated carbocycles. The SMILES string of the molecule is Fc1c(F)c(F)c([B-](c2c(F)c(F)c(F)c(F)c2F)(c2c(F)c(F)c(F)c(F)c2F)c2c(F)c(F)c(F)c(F)c2F)c(F)c1F.Fc1cc(F)c(F)c([P+](F)(c2c(F)c(F)cc(F)c2F)c2c(F)c(F)cc(F)c2F)c1F. The Morgan fingerprint density at radius 3 is 0.429 bits per heavy atom. The van der Waals surface area contributed by atoms with Crippen LogP contribution in [0, 0.1) is 186 Å². The van der Waals surface area contributed by atoms with Crippen molar-refractivity contribution < 1.29 is 145 Å². The largest absolute Gasteiger partial charge is 0.317 e. The van der Waals surface area contributed by atoms with Crippen molar-refractivity contribution >= 4 is 51.5 Å². The molecule has 0 bridgehead atoms.